The van der Waals surface area contributed by atoms with Crippen LogP contribution in [0.2, 0.25) is 0 Å². The summed E-state index contributed by atoms with van der Waals surface area (Å²) in [7, 11) is -2.37. The van der Waals surface area contributed by atoms with Crippen molar-refractivity contribution < 1.29 is 17.9 Å². The fourth-order valence-electron chi connectivity index (χ4n) is 2.91. The van der Waals surface area contributed by atoms with Gasteiger partial charge in [-0.15, -0.1) is 0 Å². The highest BCUT2D eigenvalue weighted by Crippen LogP contribution is 2.21. The lowest BCUT2D eigenvalue weighted by atomic mass is 10.1. The smallest absolute Gasteiger partial charge is 0.261 e. The topological polar surface area (TPSA) is 108 Å². The number of anilines is 1. The third-order valence-corrected chi connectivity index (χ3v) is 5.91. The van der Waals surface area contributed by atoms with E-state index in [1.54, 1.807) is 25.3 Å². The van der Waals surface area contributed by atoms with Crippen molar-refractivity contribution in [3.05, 3.63) is 89.5 Å². The van der Waals surface area contributed by atoms with Gasteiger partial charge in [-0.1, -0.05) is 30.3 Å². The summed E-state index contributed by atoms with van der Waals surface area (Å²) in [6.45, 7) is 0.385. The average molecular weight is 436 g/mol. The standard InChI is InChI=1S/C23H21N3O4S/c1-30-19-11-9-17(10-12-19)13-14-25-23(27)21-7-2-3-8-22(21)26-31(28,29)20-6-4-5-18(15-20)16-24/h2-12,15,26H,13-14H2,1H3,(H,25,27). The van der Waals surface area contributed by atoms with Crippen LogP contribution >= 0.6 is 0 Å². The molecule has 0 spiro atoms. The molecule has 0 saturated heterocycles. The maximum atomic E-state index is 12.7. The highest BCUT2D eigenvalue weighted by atomic mass is 32.2. The predicted octanol–water partition coefficient (Wildman–Crippen LogP) is 3.34. The zero-order valence-corrected chi connectivity index (χ0v) is 17.6. The molecule has 0 radical (unpaired) electrons. The summed E-state index contributed by atoms with van der Waals surface area (Å²) in [4.78, 5) is 12.6. The van der Waals surface area contributed by atoms with Gasteiger partial charge in [0, 0.05) is 6.54 Å². The molecule has 3 rings (SSSR count). The summed E-state index contributed by atoms with van der Waals surface area (Å²) >= 11 is 0. The molecule has 0 fully saturated rings. The van der Waals surface area contributed by atoms with E-state index in [-0.39, 0.29) is 21.7 Å². The van der Waals surface area contributed by atoms with Crippen molar-refractivity contribution in [2.75, 3.05) is 18.4 Å². The first-order chi connectivity index (χ1) is 14.9. The molecule has 3 aromatic rings. The molecule has 31 heavy (non-hydrogen) atoms. The van der Waals surface area contributed by atoms with Crippen molar-refractivity contribution in [3.8, 4) is 11.8 Å². The van der Waals surface area contributed by atoms with Gasteiger partial charge in [0.2, 0.25) is 0 Å². The number of hydrogen-bond donors (Lipinski definition) is 2. The van der Waals surface area contributed by atoms with Crippen LogP contribution in [0.3, 0.4) is 0 Å². The van der Waals surface area contributed by atoms with Gasteiger partial charge in [0.1, 0.15) is 5.75 Å². The number of methoxy groups -OCH3 is 1. The van der Waals surface area contributed by atoms with Gasteiger partial charge >= 0.3 is 0 Å². The summed E-state index contributed by atoms with van der Waals surface area (Å²) in [5.74, 6) is 0.367. The van der Waals surface area contributed by atoms with Crippen LogP contribution in [0.4, 0.5) is 5.69 Å². The van der Waals surface area contributed by atoms with Crippen LogP contribution in [0.5, 0.6) is 5.75 Å². The second kappa shape index (κ2) is 9.78. The molecule has 1 amide bonds. The lowest BCUT2D eigenvalue weighted by molar-refractivity contribution is 0.0955. The molecular formula is C23H21N3O4S. The Balaban J connectivity index is 1.70. The molecule has 0 unspecified atom stereocenters. The Bertz CT molecular complexity index is 1220. The molecule has 0 bridgehead atoms. The van der Waals surface area contributed by atoms with E-state index in [0.29, 0.717) is 13.0 Å². The Morgan fingerprint density at radius 1 is 1.03 bits per heavy atom. The molecule has 0 aliphatic carbocycles. The first-order valence-electron chi connectivity index (χ1n) is 9.46. The summed E-state index contributed by atoms with van der Waals surface area (Å²) in [5, 5.41) is 11.8. The molecule has 8 heteroatoms. The summed E-state index contributed by atoms with van der Waals surface area (Å²) < 4.78 is 33.0. The van der Waals surface area contributed by atoms with Gasteiger partial charge in [0.05, 0.1) is 34.9 Å². The number of hydrogen-bond acceptors (Lipinski definition) is 5. The van der Waals surface area contributed by atoms with Crippen LogP contribution in [0, 0.1) is 11.3 Å². The SMILES string of the molecule is COc1ccc(CCNC(=O)c2ccccc2NS(=O)(=O)c2cccc(C#N)c2)cc1. The number of sulfonamides is 1. The Hall–Kier alpha value is -3.83. The molecular weight excluding hydrogens is 414 g/mol. The van der Waals surface area contributed by atoms with E-state index >= 15 is 0 Å². The van der Waals surface area contributed by atoms with E-state index < -0.39 is 15.9 Å². The lowest BCUT2D eigenvalue weighted by Gasteiger charge is -2.13. The summed E-state index contributed by atoms with van der Waals surface area (Å²) in [6, 6.07) is 21.5. The Morgan fingerprint density at radius 3 is 2.48 bits per heavy atom. The number of para-hydroxylation sites is 1. The molecule has 0 heterocycles. The van der Waals surface area contributed by atoms with E-state index in [2.05, 4.69) is 10.0 Å². The van der Waals surface area contributed by atoms with Gasteiger partial charge < -0.3 is 10.1 Å². The highest BCUT2D eigenvalue weighted by Gasteiger charge is 2.19. The van der Waals surface area contributed by atoms with E-state index in [4.69, 9.17) is 10.00 Å². The molecule has 0 aliphatic rings. The molecule has 3 aromatic carbocycles. The minimum atomic E-state index is -3.97. The Labute approximate surface area is 181 Å². The zero-order valence-electron chi connectivity index (χ0n) is 16.8. The van der Waals surface area contributed by atoms with E-state index in [9.17, 15) is 13.2 Å². The van der Waals surface area contributed by atoms with Crippen LogP contribution in [0.15, 0.2) is 77.7 Å². The van der Waals surface area contributed by atoms with Crippen molar-refractivity contribution in [1.29, 1.82) is 5.26 Å². The summed E-state index contributed by atoms with van der Waals surface area (Å²) in [5.41, 5.74) is 1.63. The van der Waals surface area contributed by atoms with E-state index in [0.717, 1.165) is 11.3 Å². The molecule has 0 aliphatic heterocycles. The fourth-order valence-corrected chi connectivity index (χ4v) is 4.04. The molecule has 158 valence electrons. The van der Waals surface area contributed by atoms with Gasteiger partial charge in [-0.2, -0.15) is 5.26 Å². The summed E-state index contributed by atoms with van der Waals surface area (Å²) in [6.07, 6.45) is 0.616. The number of ether oxygens (including phenoxy) is 1. The van der Waals surface area contributed by atoms with Gasteiger partial charge in [0.25, 0.3) is 15.9 Å². The van der Waals surface area contributed by atoms with Gasteiger partial charge in [-0.25, -0.2) is 8.42 Å². The van der Waals surface area contributed by atoms with E-state index in [1.807, 2.05) is 30.3 Å². The van der Waals surface area contributed by atoms with Crippen LogP contribution in [0.1, 0.15) is 21.5 Å². The maximum Gasteiger partial charge on any atom is 0.261 e. The molecule has 0 atom stereocenters. The number of amides is 1. The molecule has 0 saturated carbocycles. The first-order valence-corrected chi connectivity index (χ1v) is 10.9. The van der Waals surface area contributed by atoms with E-state index in [1.165, 1.54) is 30.3 Å². The van der Waals surface area contributed by atoms with Crippen molar-refractivity contribution in [3.63, 3.8) is 0 Å². The van der Waals surface area contributed by atoms with Crippen molar-refractivity contribution >= 4 is 21.6 Å². The zero-order chi connectivity index (χ0) is 22.3. The number of rotatable bonds is 8. The normalized spacial score (nSPS) is 10.7. The van der Waals surface area contributed by atoms with Crippen LogP contribution in [-0.4, -0.2) is 28.0 Å². The van der Waals surface area contributed by atoms with Crippen molar-refractivity contribution in [1.82, 2.24) is 5.32 Å². The van der Waals surface area contributed by atoms with Crippen LogP contribution in [0.25, 0.3) is 0 Å². The lowest BCUT2D eigenvalue weighted by Crippen LogP contribution is -2.27. The van der Waals surface area contributed by atoms with Crippen molar-refractivity contribution in [2.45, 2.75) is 11.3 Å². The number of nitriles is 1. The number of nitrogens with zero attached hydrogens (tertiary/aromatic N) is 1. The van der Waals surface area contributed by atoms with Crippen molar-refractivity contribution in [2.24, 2.45) is 0 Å². The average Bonchev–Trinajstić information content (AvgIpc) is 2.79. The van der Waals surface area contributed by atoms with Crippen LogP contribution in [-0.2, 0) is 16.4 Å². The second-order valence-corrected chi connectivity index (χ2v) is 8.33. The highest BCUT2D eigenvalue weighted by molar-refractivity contribution is 7.92. The minimum Gasteiger partial charge on any atom is -0.497 e. The Morgan fingerprint density at radius 2 is 1.77 bits per heavy atom. The van der Waals surface area contributed by atoms with Gasteiger partial charge in [-0.3, -0.25) is 9.52 Å². The van der Waals surface area contributed by atoms with Gasteiger partial charge in [0.15, 0.2) is 0 Å². The molecule has 2 N–H and O–H groups in total. The number of carbonyl (C=O) groups is 1. The third-order valence-electron chi connectivity index (χ3n) is 4.55. The number of benzene rings is 3. The predicted molar refractivity (Wildman–Crippen MR) is 117 cm³/mol. The largest absolute Gasteiger partial charge is 0.497 e. The number of carbonyl (C=O) groups excluding carboxylic acids is 1. The maximum absolute atomic E-state index is 12.7. The quantitative estimate of drug-likeness (QED) is 0.564. The minimum absolute atomic E-state index is 0.0544. The monoisotopic (exact) mass is 435 g/mol. The fraction of sp³-hybridized carbons (Fsp3) is 0.130. The van der Waals surface area contributed by atoms with Crippen LogP contribution < -0.4 is 14.8 Å². The third kappa shape index (κ3) is 5.62. The number of nitrogens with one attached hydrogen (secondary N) is 2. The molecule has 7 nitrogen and oxygen atoms in total. The van der Waals surface area contributed by atoms with Gasteiger partial charge in [-0.05, 0) is 54.4 Å². The first kappa shape index (κ1) is 21.9. The molecule has 0 aromatic heterocycles. The second-order valence-electron chi connectivity index (χ2n) is 6.64. The Kier molecular flexibility index (Phi) is 6.90.